The normalized spacial score (nSPS) is 19.8. The highest BCUT2D eigenvalue weighted by atomic mass is 16.5. The molecule has 0 aromatic carbocycles. The maximum atomic E-state index is 6.23. The maximum absolute atomic E-state index is 6.23. The zero-order valence-corrected chi connectivity index (χ0v) is 11.7. The first-order chi connectivity index (χ1) is 8.54. The van der Waals surface area contributed by atoms with Crippen molar-refractivity contribution in [2.75, 3.05) is 7.11 Å². The Labute approximate surface area is 110 Å². The van der Waals surface area contributed by atoms with Gasteiger partial charge in [-0.15, -0.1) is 0 Å². The lowest BCUT2D eigenvalue weighted by Crippen LogP contribution is -2.45. The summed E-state index contributed by atoms with van der Waals surface area (Å²) in [6, 6.07) is 2.62. The largest absolute Gasteiger partial charge is 0.378 e. The molecule has 1 atom stereocenters. The van der Waals surface area contributed by atoms with Gasteiger partial charge in [0.15, 0.2) is 0 Å². The monoisotopic (exact) mass is 251 g/mol. The lowest BCUT2D eigenvalue weighted by atomic mass is 9.75. The van der Waals surface area contributed by atoms with Crippen LogP contribution in [0.25, 0.3) is 0 Å². The Kier molecular flexibility index (Phi) is 4.07. The smallest absolute Gasteiger partial charge is 0.0693 e. The van der Waals surface area contributed by atoms with Crippen LogP contribution < -0.4 is 5.73 Å². The molecular weight excluding hydrogens is 226 g/mol. The molecule has 0 radical (unpaired) electrons. The van der Waals surface area contributed by atoms with Gasteiger partial charge in [0.25, 0.3) is 0 Å². The summed E-state index contributed by atoms with van der Waals surface area (Å²) in [6.07, 6.45) is 7.38. The molecule has 1 fully saturated rings. The minimum atomic E-state index is 0.0556. The second kappa shape index (κ2) is 5.41. The molecule has 0 bridgehead atoms. The Morgan fingerprint density at radius 1 is 1.50 bits per heavy atom. The van der Waals surface area contributed by atoms with Gasteiger partial charge < -0.3 is 10.5 Å². The van der Waals surface area contributed by atoms with Gasteiger partial charge in [0.2, 0.25) is 0 Å². The highest BCUT2D eigenvalue weighted by Crippen LogP contribution is 2.38. The second-order valence-electron chi connectivity index (χ2n) is 5.79. The number of hydrogen-bond donors (Lipinski definition) is 1. The Hall–Kier alpha value is -0.870. The first-order valence-electron chi connectivity index (χ1n) is 6.89. The third-order valence-electron chi connectivity index (χ3n) is 4.00. The maximum Gasteiger partial charge on any atom is 0.0693 e. The minimum Gasteiger partial charge on any atom is -0.378 e. The van der Waals surface area contributed by atoms with Crippen LogP contribution in [0, 0.1) is 0 Å². The van der Waals surface area contributed by atoms with Crippen LogP contribution in [-0.2, 0) is 11.2 Å². The fourth-order valence-electron chi connectivity index (χ4n) is 2.66. The number of rotatable bonds is 6. The third kappa shape index (κ3) is 2.93. The predicted molar refractivity (Wildman–Crippen MR) is 72.5 cm³/mol. The summed E-state index contributed by atoms with van der Waals surface area (Å²) in [5.74, 6) is 0. The molecule has 2 N–H and O–H groups in total. The summed E-state index contributed by atoms with van der Waals surface area (Å²) in [6.45, 7) is 4.26. The van der Waals surface area contributed by atoms with Crippen LogP contribution in [0.15, 0.2) is 12.3 Å². The molecule has 0 amide bonds. The average molecular weight is 251 g/mol. The molecule has 102 valence electrons. The number of aromatic nitrogens is 2. The van der Waals surface area contributed by atoms with Crippen LogP contribution in [0.5, 0.6) is 0 Å². The van der Waals surface area contributed by atoms with Crippen molar-refractivity contribution in [3.63, 3.8) is 0 Å². The van der Waals surface area contributed by atoms with Gasteiger partial charge in [0.05, 0.1) is 11.3 Å². The van der Waals surface area contributed by atoms with Crippen molar-refractivity contribution >= 4 is 0 Å². The van der Waals surface area contributed by atoms with Crippen molar-refractivity contribution in [3.05, 3.63) is 18.0 Å². The van der Waals surface area contributed by atoms with E-state index in [1.54, 1.807) is 7.11 Å². The van der Waals surface area contributed by atoms with E-state index in [1.807, 2.05) is 10.9 Å². The average Bonchev–Trinajstić information content (AvgIpc) is 2.72. The Bertz CT molecular complexity index is 377. The summed E-state index contributed by atoms with van der Waals surface area (Å²) in [5, 5.41) is 4.55. The van der Waals surface area contributed by atoms with Crippen molar-refractivity contribution in [2.24, 2.45) is 5.73 Å². The highest BCUT2D eigenvalue weighted by molar-refractivity contribution is 5.03. The lowest BCUT2D eigenvalue weighted by Gasteiger charge is -2.42. The van der Waals surface area contributed by atoms with Crippen molar-refractivity contribution in [1.29, 1.82) is 0 Å². The van der Waals surface area contributed by atoms with Gasteiger partial charge in [-0.1, -0.05) is 0 Å². The lowest BCUT2D eigenvalue weighted by molar-refractivity contribution is -0.0813. The zero-order valence-electron chi connectivity index (χ0n) is 11.7. The van der Waals surface area contributed by atoms with Crippen LogP contribution in [0.2, 0.25) is 0 Å². The fraction of sp³-hybridized carbons (Fsp3) is 0.786. The predicted octanol–water partition coefficient (Wildman–Crippen LogP) is 2.29. The summed E-state index contributed by atoms with van der Waals surface area (Å²) >= 11 is 0. The van der Waals surface area contributed by atoms with Crippen molar-refractivity contribution in [3.8, 4) is 0 Å². The van der Waals surface area contributed by atoms with E-state index < -0.39 is 0 Å². The van der Waals surface area contributed by atoms with Crippen LogP contribution in [-0.4, -0.2) is 28.5 Å². The summed E-state index contributed by atoms with van der Waals surface area (Å²) in [7, 11) is 1.80. The third-order valence-corrected chi connectivity index (χ3v) is 4.00. The standard InChI is InChI=1S/C14H25N3O/c1-11(2)17-8-5-13(16-17)9-12(15)10-14(18-3)6-4-7-14/h5,8,11-12H,4,6-7,9-10,15H2,1-3H3. The molecule has 18 heavy (non-hydrogen) atoms. The molecule has 0 spiro atoms. The summed E-state index contributed by atoms with van der Waals surface area (Å²) in [5.41, 5.74) is 7.37. The SMILES string of the molecule is COC1(CC(N)Cc2ccn(C(C)C)n2)CCC1. The van der Waals surface area contributed by atoms with Gasteiger partial charge in [0, 0.05) is 31.8 Å². The van der Waals surface area contributed by atoms with E-state index in [4.69, 9.17) is 10.5 Å². The van der Waals surface area contributed by atoms with E-state index in [1.165, 1.54) is 6.42 Å². The van der Waals surface area contributed by atoms with Gasteiger partial charge in [0.1, 0.15) is 0 Å². The molecule has 1 saturated carbocycles. The molecule has 0 aliphatic heterocycles. The number of nitrogens with zero attached hydrogens (tertiary/aromatic N) is 2. The highest BCUT2D eigenvalue weighted by Gasteiger charge is 2.38. The minimum absolute atomic E-state index is 0.0556. The van der Waals surface area contributed by atoms with Gasteiger partial charge in [-0.2, -0.15) is 5.10 Å². The van der Waals surface area contributed by atoms with E-state index in [9.17, 15) is 0 Å². The van der Waals surface area contributed by atoms with Gasteiger partial charge in [-0.3, -0.25) is 4.68 Å². The molecule has 2 rings (SSSR count). The first kappa shape index (κ1) is 13.6. The van der Waals surface area contributed by atoms with E-state index in [-0.39, 0.29) is 11.6 Å². The fourth-order valence-corrected chi connectivity index (χ4v) is 2.66. The van der Waals surface area contributed by atoms with Crippen LogP contribution >= 0.6 is 0 Å². The molecule has 1 unspecified atom stereocenters. The number of ether oxygens (including phenoxy) is 1. The van der Waals surface area contributed by atoms with Crippen LogP contribution in [0.3, 0.4) is 0 Å². The van der Waals surface area contributed by atoms with E-state index in [2.05, 4.69) is 25.0 Å². The van der Waals surface area contributed by atoms with Crippen molar-refractivity contribution < 1.29 is 4.74 Å². The Balaban J connectivity index is 1.88. The molecule has 1 aromatic rings. The quantitative estimate of drug-likeness (QED) is 0.844. The Morgan fingerprint density at radius 2 is 2.22 bits per heavy atom. The van der Waals surface area contributed by atoms with Crippen LogP contribution in [0.1, 0.15) is 51.3 Å². The van der Waals surface area contributed by atoms with Crippen molar-refractivity contribution in [2.45, 2.75) is 63.6 Å². The topological polar surface area (TPSA) is 53.1 Å². The molecule has 0 saturated heterocycles. The first-order valence-corrected chi connectivity index (χ1v) is 6.89. The van der Waals surface area contributed by atoms with Crippen molar-refractivity contribution in [1.82, 2.24) is 9.78 Å². The molecule has 1 aliphatic carbocycles. The summed E-state index contributed by atoms with van der Waals surface area (Å²) < 4.78 is 7.60. The van der Waals surface area contributed by atoms with E-state index in [0.717, 1.165) is 31.4 Å². The number of methoxy groups -OCH3 is 1. The van der Waals surface area contributed by atoms with Gasteiger partial charge in [-0.05, 0) is 45.6 Å². The molecule has 4 nitrogen and oxygen atoms in total. The molecular formula is C14H25N3O. The number of hydrogen-bond acceptors (Lipinski definition) is 3. The molecule has 1 aromatic heterocycles. The molecule has 4 heteroatoms. The molecule has 1 heterocycles. The summed E-state index contributed by atoms with van der Waals surface area (Å²) in [4.78, 5) is 0. The molecule has 1 aliphatic rings. The van der Waals surface area contributed by atoms with Gasteiger partial charge in [-0.25, -0.2) is 0 Å². The van der Waals surface area contributed by atoms with Gasteiger partial charge >= 0.3 is 0 Å². The Morgan fingerprint density at radius 3 is 2.67 bits per heavy atom. The van der Waals surface area contributed by atoms with Crippen LogP contribution in [0.4, 0.5) is 0 Å². The second-order valence-corrected chi connectivity index (χ2v) is 5.79. The number of nitrogens with two attached hydrogens (primary N) is 1. The van der Waals surface area contributed by atoms with E-state index in [0.29, 0.717) is 6.04 Å². The zero-order chi connectivity index (χ0) is 13.2. The van der Waals surface area contributed by atoms with E-state index >= 15 is 0 Å².